The minimum absolute atomic E-state index is 0.0687. The number of carbonyl (C=O) groups excluding carboxylic acids is 1. The van der Waals surface area contributed by atoms with Crippen molar-refractivity contribution in [3.63, 3.8) is 0 Å². The van der Waals surface area contributed by atoms with Crippen LogP contribution in [0.2, 0.25) is 0 Å². The fourth-order valence-electron chi connectivity index (χ4n) is 4.09. The lowest BCUT2D eigenvalue weighted by Crippen LogP contribution is -2.35. The molecule has 0 radical (unpaired) electrons. The fraction of sp³-hybridized carbons (Fsp3) is 0.526. The van der Waals surface area contributed by atoms with E-state index in [-0.39, 0.29) is 23.3 Å². The number of nitrogens with one attached hydrogen (secondary N) is 1. The predicted octanol–water partition coefficient (Wildman–Crippen LogP) is 3.26. The van der Waals surface area contributed by atoms with E-state index in [1.54, 1.807) is 24.3 Å². The van der Waals surface area contributed by atoms with Gasteiger partial charge < -0.3 is 4.74 Å². The first-order valence-corrected chi connectivity index (χ1v) is 8.36. The highest BCUT2D eigenvalue weighted by Crippen LogP contribution is 2.63. The van der Waals surface area contributed by atoms with Gasteiger partial charge in [-0.3, -0.25) is 4.79 Å². The number of amides is 1. The topological polar surface area (TPSA) is 74.5 Å². The number of nitrogens with zero attached hydrogens (tertiary/aromatic N) is 2. The van der Waals surface area contributed by atoms with Crippen molar-refractivity contribution < 1.29 is 9.53 Å². The van der Waals surface area contributed by atoms with Crippen molar-refractivity contribution in [3.8, 4) is 11.8 Å². The maximum atomic E-state index is 12.0. The largest absolute Gasteiger partial charge is 0.482 e. The van der Waals surface area contributed by atoms with E-state index in [4.69, 9.17) is 10.00 Å². The normalized spacial score (nSPS) is 28.6. The standard InChI is InChI=1S/C19H23N3O2/c1-18(2)14-8-9-19(18,3)16(10-14)21-22-17(23)12-24-15-7-5-4-6-13(15)11-20/h4-7,14H,8-10,12H2,1-3H3,(H,22,23)/b21-16+/t14-,19+/m1/s1. The maximum Gasteiger partial charge on any atom is 0.277 e. The first-order chi connectivity index (χ1) is 11.4. The average molecular weight is 325 g/mol. The van der Waals surface area contributed by atoms with Gasteiger partial charge >= 0.3 is 0 Å². The summed E-state index contributed by atoms with van der Waals surface area (Å²) in [6.45, 7) is 6.71. The Morgan fingerprint density at radius 3 is 2.79 bits per heavy atom. The Balaban J connectivity index is 1.60. The van der Waals surface area contributed by atoms with E-state index in [9.17, 15) is 4.79 Å². The van der Waals surface area contributed by atoms with Crippen LogP contribution in [0.4, 0.5) is 0 Å². The molecule has 2 aliphatic rings. The summed E-state index contributed by atoms with van der Waals surface area (Å²) in [6.07, 6.45) is 3.33. The molecule has 0 spiro atoms. The van der Waals surface area contributed by atoms with Crippen molar-refractivity contribution in [2.75, 3.05) is 6.61 Å². The lowest BCUT2D eigenvalue weighted by atomic mass is 9.70. The van der Waals surface area contributed by atoms with Crippen molar-refractivity contribution >= 4 is 11.6 Å². The number of hydrogen-bond acceptors (Lipinski definition) is 4. The summed E-state index contributed by atoms with van der Waals surface area (Å²) >= 11 is 0. The van der Waals surface area contributed by atoms with Gasteiger partial charge in [0, 0.05) is 11.1 Å². The second kappa shape index (κ2) is 5.94. The molecule has 0 aliphatic heterocycles. The Morgan fingerprint density at radius 1 is 1.42 bits per heavy atom. The highest BCUT2D eigenvalue weighted by Gasteiger charge is 2.59. The molecule has 2 fully saturated rings. The smallest absolute Gasteiger partial charge is 0.277 e. The Morgan fingerprint density at radius 2 is 2.17 bits per heavy atom. The van der Waals surface area contributed by atoms with E-state index in [1.807, 2.05) is 6.07 Å². The molecule has 2 aliphatic carbocycles. The molecule has 0 aromatic heterocycles. The van der Waals surface area contributed by atoms with Crippen molar-refractivity contribution in [1.82, 2.24) is 5.43 Å². The molecule has 5 heteroatoms. The molecule has 0 saturated heterocycles. The van der Waals surface area contributed by atoms with Crippen LogP contribution in [0.3, 0.4) is 0 Å². The summed E-state index contributed by atoms with van der Waals surface area (Å²) in [5.41, 5.74) is 4.43. The van der Waals surface area contributed by atoms with Gasteiger partial charge in [-0.2, -0.15) is 10.4 Å². The van der Waals surface area contributed by atoms with Crippen LogP contribution in [0.5, 0.6) is 5.75 Å². The van der Waals surface area contributed by atoms with Crippen molar-refractivity contribution in [1.29, 1.82) is 5.26 Å². The Hall–Kier alpha value is -2.35. The first-order valence-electron chi connectivity index (χ1n) is 8.36. The van der Waals surface area contributed by atoms with Gasteiger partial charge in [-0.25, -0.2) is 5.43 Å². The molecule has 2 atom stereocenters. The zero-order valence-corrected chi connectivity index (χ0v) is 14.4. The lowest BCUT2D eigenvalue weighted by molar-refractivity contribution is -0.123. The van der Waals surface area contributed by atoms with Gasteiger partial charge in [0.2, 0.25) is 0 Å². The second-order valence-corrected chi connectivity index (χ2v) is 7.48. The van der Waals surface area contributed by atoms with E-state index in [2.05, 4.69) is 31.3 Å². The molecule has 5 nitrogen and oxygen atoms in total. The van der Waals surface area contributed by atoms with Crippen molar-refractivity contribution in [3.05, 3.63) is 29.8 Å². The molecule has 1 amide bonds. The first kappa shape index (κ1) is 16.5. The van der Waals surface area contributed by atoms with E-state index in [0.29, 0.717) is 17.2 Å². The minimum atomic E-state index is -0.306. The number of fused-ring (bicyclic) bond motifs is 2. The number of hydrazone groups is 1. The SMILES string of the molecule is CC1(C)[C@@H]2CC[C@@]1(C)/C(=N/NC(=O)COc1ccccc1C#N)C2. The van der Waals surface area contributed by atoms with Crippen molar-refractivity contribution in [2.45, 2.75) is 40.0 Å². The van der Waals surface area contributed by atoms with Crippen LogP contribution in [0.25, 0.3) is 0 Å². The van der Waals surface area contributed by atoms with Gasteiger partial charge in [0.05, 0.1) is 5.56 Å². The van der Waals surface area contributed by atoms with Gasteiger partial charge in [0.25, 0.3) is 5.91 Å². The minimum Gasteiger partial charge on any atom is -0.482 e. The summed E-state index contributed by atoms with van der Waals surface area (Å²) in [5, 5.41) is 13.4. The van der Waals surface area contributed by atoms with Crippen LogP contribution in [0.15, 0.2) is 29.4 Å². The summed E-state index contributed by atoms with van der Waals surface area (Å²) in [6, 6.07) is 8.91. The van der Waals surface area contributed by atoms with Crippen LogP contribution in [-0.2, 0) is 4.79 Å². The van der Waals surface area contributed by atoms with Crippen LogP contribution in [0, 0.1) is 28.1 Å². The van der Waals surface area contributed by atoms with Crippen LogP contribution in [-0.4, -0.2) is 18.2 Å². The molecule has 0 unspecified atom stereocenters. The number of hydrogen-bond donors (Lipinski definition) is 1. The second-order valence-electron chi connectivity index (χ2n) is 7.48. The fourth-order valence-corrected chi connectivity index (χ4v) is 4.09. The number of carbonyl (C=O) groups is 1. The third-order valence-electron chi connectivity index (χ3n) is 6.19. The number of nitriles is 1. The third-order valence-corrected chi connectivity index (χ3v) is 6.19. The van der Waals surface area contributed by atoms with E-state index in [0.717, 1.165) is 18.6 Å². The maximum absolute atomic E-state index is 12.0. The molecule has 2 bridgehead atoms. The summed E-state index contributed by atoms with van der Waals surface area (Å²) in [4.78, 5) is 12.0. The number of benzene rings is 1. The molecule has 1 aromatic carbocycles. The molecule has 3 rings (SSSR count). The van der Waals surface area contributed by atoms with E-state index in [1.165, 1.54) is 6.42 Å². The van der Waals surface area contributed by atoms with Gasteiger partial charge in [-0.15, -0.1) is 0 Å². The monoisotopic (exact) mass is 325 g/mol. The quantitative estimate of drug-likeness (QED) is 0.863. The molecule has 1 N–H and O–H groups in total. The van der Waals surface area contributed by atoms with E-state index < -0.39 is 0 Å². The highest BCUT2D eigenvalue weighted by molar-refractivity contribution is 5.95. The van der Waals surface area contributed by atoms with E-state index >= 15 is 0 Å². The Bertz CT molecular complexity index is 732. The van der Waals surface area contributed by atoms with Gasteiger partial charge in [0.1, 0.15) is 11.8 Å². The molecular formula is C19H23N3O2. The lowest BCUT2D eigenvalue weighted by Gasteiger charge is -2.34. The van der Waals surface area contributed by atoms with Crippen LogP contribution in [0.1, 0.15) is 45.6 Å². The molecule has 2 saturated carbocycles. The Kier molecular flexibility index (Phi) is 4.08. The Labute approximate surface area is 142 Å². The molecule has 24 heavy (non-hydrogen) atoms. The number of para-hydroxylation sites is 1. The molecule has 0 heterocycles. The van der Waals surface area contributed by atoms with Gasteiger partial charge in [-0.05, 0) is 42.7 Å². The zero-order valence-electron chi connectivity index (χ0n) is 14.4. The molecular weight excluding hydrogens is 302 g/mol. The zero-order chi connectivity index (χ0) is 17.4. The summed E-state index contributed by atoms with van der Waals surface area (Å²) < 4.78 is 5.43. The summed E-state index contributed by atoms with van der Waals surface area (Å²) in [7, 11) is 0. The summed E-state index contributed by atoms with van der Waals surface area (Å²) in [5.74, 6) is 0.757. The number of rotatable bonds is 4. The van der Waals surface area contributed by atoms with Gasteiger partial charge in [-0.1, -0.05) is 32.9 Å². The van der Waals surface area contributed by atoms with Crippen LogP contribution >= 0.6 is 0 Å². The van der Waals surface area contributed by atoms with Crippen molar-refractivity contribution in [2.24, 2.45) is 21.8 Å². The van der Waals surface area contributed by atoms with Crippen LogP contribution < -0.4 is 10.2 Å². The highest BCUT2D eigenvalue weighted by atomic mass is 16.5. The van der Waals surface area contributed by atoms with Gasteiger partial charge in [0.15, 0.2) is 6.61 Å². The molecule has 126 valence electrons. The third kappa shape index (κ3) is 2.56. The number of ether oxygens (including phenoxy) is 1. The average Bonchev–Trinajstić information content (AvgIpc) is 2.91. The molecule has 1 aromatic rings. The predicted molar refractivity (Wildman–Crippen MR) is 91.5 cm³/mol.